The van der Waals surface area contributed by atoms with Gasteiger partial charge in [0.1, 0.15) is 6.33 Å². The average Bonchev–Trinajstić information content (AvgIpc) is 3.44. The van der Waals surface area contributed by atoms with Crippen molar-refractivity contribution in [1.29, 1.82) is 0 Å². The fourth-order valence-corrected chi connectivity index (χ4v) is 3.83. The van der Waals surface area contributed by atoms with Crippen LogP contribution in [0.25, 0.3) is 0 Å². The molecule has 1 aliphatic rings. The molecule has 166 valence electrons. The first-order chi connectivity index (χ1) is 15.5. The minimum absolute atomic E-state index is 0.0211. The van der Waals surface area contributed by atoms with Crippen LogP contribution in [0.4, 0.5) is 5.69 Å². The van der Waals surface area contributed by atoms with Crippen LogP contribution in [0.1, 0.15) is 64.3 Å². The number of nitrogens with zero attached hydrogens (tertiary/aromatic N) is 4. The molecule has 2 amide bonds. The van der Waals surface area contributed by atoms with Gasteiger partial charge < -0.3 is 15.3 Å². The quantitative estimate of drug-likeness (QED) is 0.558. The van der Waals surface area contributed by atoms with Crippen LogP contribution in [-0.4, -0.2) is 51.4 Å². The number of hydrogen-bond acceptors (Lipinski definition) is 5. The van der Waals surface area contributed by atoms with Crippen LogP contribution >= 0.6 is 0 Å². The van der Waals surface area contributed by atoms with Gasteiger partial charge in [-0.05, 0) is 56.2 Å². The van der Waals surface area contributed by atoms with E-state index in [0.29, 0.717) is 36.5 Å². The second kappa shape index (κ2) is 9.32. The first kappa shape index (κ1) is 21.7. The van der Waals surface area contributed by atoms with Gasteiger partial charge in [-0.1, -0.05) is 18.2 Å². The number of nitrogens with one attached hydrogen (secondary N) is 1. The van der Waals surface area contributed by atoms with Crippen LogP contribution in [0.3, 0.4) is 0 Å². The van der Waals surface area contributed by atoms with Crippen LogP contribution in [0.5, 0.6) is 0 Å². The number of aliphatic hydroxyl groups is 1. The molecule has 1 aromatic heterocycles. The SMILES string of the molecule is CC(C)n1cnc(C2CN(C(=O)c3ccccc3)c3ccc(C(=O)NCCCO)cc32)n1. The van der Waals surface area contributed by atoms with Crippen molar-refractivity contribution in [2.75, 3.05) is 24.6 Å². The number of rotatable bonds is 7. The van der Waals surface area contributed by atoms with Gasteiger partial charge in [0.15, 0.2) is 5.82 Å². The molecule has 4 rings (SSSR count). The number of carbonyl (C=O) groups excluding carboxylic acids is 2. The van der Waals surface area contributed by atoms with E-state index in [4.69, 9.17) is 5.11 Å². The van der Waals surface area contributed by atoms with E-state index in [1.807, 2.05) is 44.2 Å². The van der Waals surface area contributed by atoms with Crippen molar-refractivity contribution in [2.24, 2.45) is 0 Å². The molecule has 0 saturated carbocycles. The molecule has 0 bridgehead atoms. The molecule has 2 aromatic carbocycles. The normalized spacial score (nSPS) is 15.1. The van der Waals surface area contributed by atoms with Crippen LogP contribution in [0, 0.1) is 0 Å². The van der Waals surface area contributed by atoms with Crippen molar-refractivity contribution in [3.05, 3.63) is 77.4 Å². The molecule has 1 unspecified atom stereocenters. The third kappa shape index (κ3) is 4.27. The number of aromatic nitrogens is 3. The van der Waals surface area contributed by atoms with Crippen molar-refractivity contribution in [2.45, 2.75) is 32.2 Å². The third-order valence-corrected chi connectivity index (χ3v) is 5.57. The summed E-state index contributed by atoms with van der Waals surface area (Å²) < 4.78 is 1.79. The number of anilines is 1. The summed E-state index contributed by atoms with van der Waals surface area (Å²) >= 11 is 0. The first-order valence-electron chi connectivity index (χ1n) is 10.8. The fourth-order valence-electron chi connectivity index (χ4n) is 3.83. The molecule has 8 heteroatoms. The molecule has 0 aliphatic carbocycles. The Labute approximate surface area is 186 Å². The topological polar surface area (TPSA) is 100 Å². The summed E-state index contributed by atoms with van der Waals surface area (Å²) in [4.78, 5) is 32.1. The van der Waals surface area contributed by atoms with Crippen molar-refractivity contribution in [3.8, 4) is 0 Å². The number of aliphatic hydroxyl groups excluding tert-OH is 1. The Balaban J connectivity index is 1.70. The maximum atomic E-state index is 13.3. The summed E-state index contributed by atoms with van der Waals surface area (Å²) in [5, 5.41) is 16.4. The molecule has 8 nitrogen and oxygen atoms in total. The maximum Gasteiger partial charge on any atom is 0.258 e. The second-order valence-corrected chi connectivity index (χ2v) is 8.12. The average molecular weight is 434 g/mol. The molecule has 32 heavy (non-hydrogen) atoms. The summed E-state index contributed by atoms with van der Waals surface area (Å²) in [5.74, 6) is 0.0790. The minimum atomic E-state index is -0.233. The van der Waals surface area contributed by atoms with Gasteiger partial charge >= 0.3 is 0 Å². The molecule has 2 N–H and O–H groups in total. The summed E-state index contributed by atoms with van der Waals surface area (Å²) in [7, 11) is 0. The Hall–Kier alpha value is -3.52. The highest BCUT2D eigenvalue weighted by Crippen LogP contribution is 2.40. The van der Waals surface area contributed by atoms with E-state index in [9.17, 15) is 9.59 Å². The predicted molar refractivity (Wildman–Crippen MR) is 121 cm³/mol. The molecule has 0 spiro atoms. The number of amides is 2. The van der Waals surface area contributed by atoms with E-state index >= 15 is 0 Å². The zero-order chi connectivity index (χ0) is 22.7. The lowest BCUT2D eigenvalue weighted by molar-refractivity contribution is 0.0949. The van der Waals surface area contributed by atoms with Crippen molar-refractivity contribution in [1.82, 2.24) is 20.1 Å². The molecule has 2 heterocycles. The van der Waals surface area contributed by atoms with Gasteiger partial charge in [0, 0.05) is 42.6 Å². The Morgan fingerprint density at radius 1 is 1.16 bits per heavy atom. The fraction of sp³-hybridized carbons (Fsp3) is 0.333. The van der Waals surface area contributed by atoms with Gasteiger partial charge in [-0.3, -0.25) is 14.3 Å². The zero-order valence-electron chi connectivity index (χ0n) is 18.2. The Kier molecular flexibility index (Phi) is 6.32. The van der Waals surface area contributed by atoms with Crippen molar-refractivity contribution >= 4 is 17.5 Å². The number of hydrogen-bond donors (Lipinski definition) is 2. The molecule has 0 saturated heterocycles. The van der Waals surface area contributed by atoms with Gasteiger partial charge in [-0.25, -0.2) is 4.98 Å². The van der Waals surface area contributed by atoms with Gasteiger partial charge in [-0.15, -0.1) is 0 Å². The summed E-state index contributed by atoms with van der Waals surface area (Å²) in [6.07, 6.45) is 2.20. The summed E-state index contributed by atoms with van der Waals surface area (Å²) in [6.45, 7) is 4.88. The second-order valence-electron chi connectivity index (χ2n) is 8.12. The molecule has 0 radical (unpaired) electrons. The lowest BCUT2D eigenvalue weighted by atomic mass is 9.98. The largest absolute Gasteiger partial charge is 0.396 e. The molecule has 1 atom stereocenters. The van der Waals surface area contributed by atoms with Crippen molar-refractivity contribution < 1.29 is 14.7 Å². The van der Waals surface area contributed by atoms with Gasteiger partial charge in [0.25, 0.3) is 11.8 Å². The smallest absolute Gasteiger partial charge is 0.258 e. The highest BCUT2D eigenvalue weighted by molar-refractivity contribution is 6.08. The molecule has 0 fully saturated rings. The molecule has 1 aliphatic heterocycles. The number of fused-ring (bicyclic) bond motifs is 1. The van der Waals surface area contributed by atoms with Crippen LogP contribution in [-0.2, 0) is 0 Å². The first-order valence-corrected chi connectivity index (χ1v) is 10.8. The predicted octanol–water partition coefficient (Wildman–Crippen LogP) is 2.76. The number of carbonyl (C=O) groups is 2. The lowest BCUT2D eigenvalue weighted by Gasteiger charge is -2.18. The molecular formula is C24H27N5O3. The van der Waals surface area contributed by atoms with Gasteiger partial charge in [0.2, 0.25) is 0 Å². The lowest BCUT2D eigenvalue weighted by Crippen LogP contribution is -2.30. The van der Waals surface area contributed by atoms with E-state index < -0.39 is 0 Å². The highest BCUT2D eigenvalue weighted by atomic mass is 16.3. The maximum absolute atomic E-state index is 13.3. The Bertz CT molecular complexity index is 1110. The third-order valence-electron chi connectivity index (χ3n) is 5.57. The summed E-state index contributed by atoms with van der Waals surface area (Å²) in [5.41, 5.74) is 2.72. The molecular weight excluding hydrogens is 406 g/mol. The van der Waals surface area contributed by atoms with E-state index in [1.165, 1.54) is 0 Å². The summed E-state index contributed by atoms with van der Waals surface area (Å²) in [6, 6.07) is 14.7. The standard InChI is InChI=1S/C24H27N5O3/c1-16(2)29-15-26-22(27-29)20-14-28(24(32)17-7-4-3-5-8-17)21-10-9-18(13-19(20)21)23(31)25-11-6-12-30/h3-5,7-10,13,15-16,20,30H,6,11-12,14H2,1-2H3,(H,25,31). The van der Waals surface area contributed by atoms with E-state index in [2.05, 4.69) is 15.4 Å². The number of benzene rings is 2. The Morgan fingerprint density at radius 2 is 1.94 bits per heavy atom. The van der Waals surface area contributed by atoms with Crippen LogP contribution in [0.2, 0.25) is 0 Å². The zero-order valence-corrected chi connectivity index (χ0v) is 18.2. The van der Waals surface area contributed by atoms with Crippen LogP contribution < -0.4 is 10.2 Å². The van der Waals surface area contributed by atoms with Gasteiger partial charge in [0.05, 0.1) is 5.92 Å². The van der Waals surface area contributed by atoms with E-state index in [0.717, 1.165) is 11.3 Å². The van der Waals surface area contributed by atoms with E-state index in [1.54, 1.807) is 34.1 Å². The van der Waals surface area contributed by atoms with Gasteiger partial charge in [-0.2, -0.15) is 5.10 Å². The van der Waals surface area contributed by atoms with Crippen LogP contribution in [0.15, 0.2) is 54.9 Å². The minimum Gasteiger partial charge on any atom is -0.396 e. The monoisotopic (exact) mass is 433 g/mol. The van der Waals surface area contributed by atoms with E-state index in [-0.39, 0.29) is 30.4 Å². The molecule has 3 aromatic rings. The van der Waals surface area contributed by atoms with Crippen molar-refractivity contribution in [3.63, 3.8) is 0 Å². The Morgan fingerprint density at radius 3 is 2.62 bits per heavy atom. The highest BCUT2D eigenvalue weighted by Gasteiger charge is 2.36.